The lowest BCUT2D eigenvalue weighted by Gasteiger charge is -2.07. The second-order valence-electron chi connectivity index (χ2n) is 6.14. The molecule has 10 nitrogen and oxygen atoms in total. The summed E-state index contributed by atoms with van der Waals surface area (Å²) in [7, 11) is 1.53. The van der Waals surface area contributed by atoms with E-state index >= 15 is 0 Å². The van der Waals surface area contributed by atoms with Crippen molar-refractivity contribution < 1.29 is 9.84 Å². The molecule has 0 aliphatic carbocycles. The second kappa shape index (κ2) is 7.53. The molecule has 0 aliphatic rings. The van der Waals surface area contributed by atoms with Gasteiger partial charge in [0, 0.05) is 11.9 Å². The Kier molecular flexibility index (Phi) is 4.77. The molecular formula is C18H20N8O2. The first-order chi connectivity index (χ1) is 13.7. The van der Waals surface area contributed by atoms with Gasteiger partial charge in [0.25, 0.3) is 5.88 Å². The number of rotatable bonds is 7. The second-order valence-corrected chi connectivity index (χ2v) is 6.14. The smallest absolute Gasteiger partial charge is 0.256 e. The number of nitrogens with two attached hydrogens (primary N) is 1. The molecule has 3 heterocycles. The number of hydrogen-bond acceptors (Lipinski definition) is 8. The summed E-state index contributed by atoms with van der Waals surface area (Å²) in [6.45, 7) is 0.849. The average Bonchev–Trinajstić information content (AvgIpc) is 3.27. The van der Waals surface area contributed by atoms with E-state index in [4.69, 9.17) is 15.6 Å². The Balaban J connectivity index is 1.64. The SMILES string of the molecule is COc1nn(CCO)cc1Nc1ncc2cnn(Cc3ccccc3N)c2n1. The molecule has 0 amide bonds. The molecule has 0 saturated carbocycles. The molecule has 4 N–H and O–H groups in total. The Hall–Kier alpha value is -3.66. The van der Waals surface area contributed by atoms with Gasteiger partial charge in [-0.25, -0.2) is 9.67 Å². The molecule has 1 aromatic carbocycles. The predicted octanol–water partition coefficient (Wildman–Crippen LogP) is 1.40. The van der Waals surface area contributed by atoms with Crippen molar-refractivity contribution in [1.29, 1.82) is 0 Å². The summed E-state index contributed by atoms with van der Waals surface area (Å²) in [6.07, 6.45) is 5.15. The van der Waals surface area contributed by atoms with Crippen LogP contribution in [0.3, 0.4) is 0 Å². The number of anilines is 3. The van der Waals surface area contributed by atoms with E-state index in [1.165, 1.54) is 7.11 Å². The molecule has 0 unspecified atom stereocenters. The maximum absolute atomic E-state index is 9.08. The number of ether oxygens (including phenoxy) is 1. The molecule has 0 aliphatic heterocycles. The van der Waals surface area contributed by atoms with Gasteiger partial charge in [-0.1, -0.05) is 18.2 Å². The van der Waals surface area contributed by atoms with E-state index in [-0.39, 0.29) is 6.61 Å². The number of nitrogens with one attached hydrogen (secondary N) is 1. The van der Waals surface area contributed by atoms with Crippen molar-refractivity contribution in [3.8, 4) is 5.88 Å². The first kappa shape index (κ1) is 17.7. The largest absolute Gasteiger partial charge is 0.478 e. The van der Waals surface area contributed by atoms with Crippen LogP contribution < -0.4 is 15.8 Å². The van der Waals surface area contributed by atoms with Gasteiger partial charge in [0.05, 0.1) is 44.6 Å². The van der Waals surface area contributed by atoms with Gasteiger partial charge >= 0.3 is 0 Å². The van der Waals surface area contributed by atoms with Gasteiger partial charge in [0.15, 0.2) is 5.65 Å². The fourth-order valence-corrected chi connectivity index (χ4v) is 2.86. The number of methoxy groups -OCH3 is 1. The van der Waals surface area contributed by atoms with E-state index in [1.54, 1.807) is 28.0 Å². The summed E-state index contributed by atoms with van der Waals surface area (Å²) in [4.78, 5) is 8.91. The van der Waals surface area contributed by atoms with Crippen LogP contribution in [0.1, 0.15) is 5.56 Å². The topological polar surface area (TPSA) is 129 Å². The van der Waals surface area contributed by atoms with Gasteiger partial charge in [0.1, 0.15) is 5.69 Å². The van der Waals surface area contributed by atoms with Crippen molar-refractivity contribution in [2.45, 2.75) is 13.1 Å². The molecule has 0 saturated heterocycles. The van der Waals surface area contributed by atoms with E-state index in [2.05, 4.69) is 25.5 Å². The van der Waals surface area contributed by atoms with Crippen LogP contribution in [0.2, 0.25) is 0 Å². The van der Waals surface area contributed by atoms with Gasteiger partial charge in [-0.05, 0) is 11.6 Å². The van der Waals surface area contributed by atoms with Gasteiger partial charge in [-0.3, -0.25) is 4.68 Å². The number of nitrogens with zero attached hydrogens (tertiary/aromatic N) is 6. The average molecular weight is 380 g/mol. The minimum Gasteiger partial charge on any atom is -0.478 e. The van der Waals surface area contributed by atoms with Crippen LogP contribution in [-0.2, 0) is 13.1 Å². The monoisotopic (exact) mass is 380 g/mol. The molecule has 3 aromatic heterocycles. The summed E-state index contributed by atoms with van der Waals surface area (Å²) in [5.41, 5.74) is 9.01. The molecule has 28 heavy (non-hydrogen) atoms. The number of benzene rings is 1. The molecular weight excluding hydrogens is 360 g/mol. The summed E-state index contributed by atoms with van der Waals surface area (Å²) in [5.74, 6) is 0.778. The molecule has 144 valence electrons. The number of aliphatic hydroxyl groups is 1. The van der Waals surface area contributed by atoms with Crippen molar-refractivity contribution in [3.05, 3.63) is 48.4 Å². The van der Waals surface area contributed by atoms with Crippen LogP contribution in [0.15, 0.2) is 42.9 Å². The zero-order valence-electron chi connectivity index (χ0n) is 15.3. The van der Waals surface area contributed by atoms with E-state index < -0.39 is 0 Å². The number of hydrogen-bond donors (Lipinski definition) is 3. The Bertz CT molecular complexity index is 1100. The van der Waals surface area contributed by atoms with E-state index in [0.717, 1.165) is 10.9 Å². The van der Waals surface area contributed by atoms with Crippen LogP contribution in [0.5, 0.6) is 5.88 Å². The van der Waals surface area contributed by atoms with Gasteiger partial charge in [-0.15, -0.1) is 5.10 Å². The van der Waals surface area contributed by atoms with Crippen LogP contribution in [-0.4, -0.2) is 48.4 Å². The van der Waals surface area contributed by atoms with Gasteiger partial charge < -0.3 is 20.9 Å². The fourth-order valence-electron chi connectivity index (χ4n) is 2.86. The fraction of sp³-hybridized carbons (Fsp3) is 0.222. The first-order valence-electron chi connectivity index (χ1n) is 8.69. The molecule has 0 fully saturated rings. The Labute approximate surface area is 160 Å². The van der Waals surface area contributed by atoms with Crippen LogP contribution in [0.4, 0.5) is 17.3 Å². The molecule has 10 heteroatoms. The minimum atomic E-state index is -0.0193. The first-order valence-corrected chi connectivity index (χ1v) is 8.69. The summed E-state index contributed by atoms with van der Waals surface area (Å²) in [6, 6.07) is 7.66. The number of aliphatic hydroxyl groups excluding tert-OH is 1. The predicted molar refractivity (Wildman–Crippen MR) is 104 cm³/mol. The van der Waals surface area contributed by atoms with E-state index in [9.17, 15) is 0 Å². The lowest BCUT2D eigenvalue weighted by molar-refractivity contribution is 0.267. The third kappa shape index (κ3) is 3.45. The minimum absolute atomic E-state index is 0.0193. The van der Waals surface area contributed by atoms with Crippen LogP contribution in [0, 0.1) is 0 Å². The third-order valence-electron chi connectivity index (χ3n) is 4.25. The maximum Gasteiger partial charge on any atom is 0.256 e. The van der Waals surface area contributed by atoms with E-state index in [0.29, 0.717) is 41.9 Å². The Morgan fingerprint density at radius 2 is 2.11 bits per heavy atom. The van der Waals surface area contributed by atoms with Crippen molar-refractivity contribution in [3.63, 3.8) is 0 Å². The van der Waals surface area contributed by atoms with Crippen molar-refractivity contribution >= 4 is 28.4 Å². The summed E-state index contributed by atoms with van der Waals surface area (Å²) < 4.78 is 8.63. The van der Waals surface area contributed by atoms with E-state index in [1.807, 2.05) is 24.3 Å². The highest BCUT2D eigenvalue weighted by atomic mass is 16.5. The van der Waals surface area contributed by atoms with Crippen LogP contribution in [0.25, 0.3) is 11.0 Å². The maximum atomic E-state index is 9.08. The number of nitrogen functional groups attached to an aromatic ring is 1. The number of aromatic nitrogens is 6. The van der Waals surface area contributed by atoms with Gasteiger partial charge in [-0.2, -0.15) is 10.1 Å². The quantitative estimate of drug-likeness (QED) is 0.410. The Morgan fingerprint density at radius 1 is 1.25 bits per heavy atom. The molecule has 0 spiro atoms. The lowest BCUT2D eigenvalue weighted by atomic mass is 10.2. The summed E-state index contributed by atoms with van der Waals surface area (Å²) in [5, 5.41) is 21.7. The molecule has 4 aromatic rings. The van der Waals surface area contributed by atoms with Crippen molar-refractivity contribution in [1.82, 2.24) is 29.5 Å². The highest BCUT2D eigenvalue weighted by Crippen LogP contribution is 2.25. The molecule has 4 rings (SSSR count). The standard InChI is InChI=1S/C18H20N8O2/c1-28-17-15(11-25(24-17)6-7-27)22-18-20-8-13-9-21-26(16(13)23-18)10-12-4-2-3-5-14(12)19/h2-5,8-9,11,27H,6-7,10,19H2,1H3,(H,20,22,23). The molecule has 0 bridgehead atoms. The van der Waals surface area contributed by atoms with Crippen molar-refractivity contribution in [2.75, 3.05) is 24.8 Å². The third-order valence-corrected chi connectivity index (χ3v) is 4.25. The van der Waals surface area contributed by atoms with Gasteiger partial charge in [0.2, 0.25) is 5.95 Å². The number of para-hydroxylation sites is 1. The molecule has 0 atom stereocenters. The zero-order chi connectivity index (χ0) is 19.5. The summed E-state index contributed by atoms with van der Waals surface area (Å²) >= 11 is 0. The zero-order valence-corrected chi connectivity index (χ0v) is 15.3. The lowest BCUT2D eigenvalue weighted by Crippen LogP contribution is -2.06. The highest BCUT2D eigenvalue weighted by molar-refractivity contribution is 5.75. The number of fused-ring (bicyclic) bond motifs is 1. The van der Waals surface area contributed by atoms with Crippen molar-refractivity contribution in [2.24, 2.45) is 0 Å². The normalized spacial score (nSPS) is 11.1. The highest BCUT2D eigenvalue weighted by Gasteiger charge is 2.13. The molecule has 0 radical (unpaired) electrons. The van der Waals surface area contributed by atoms with Crippen LogP contribution >= 0.6 is 0 Å². The Morgan fingerprint density at radius 3 is 2.89 bits per heavy atom.